The molecule has 0 aliphatic rings. The highest BCUT2D eigenvalue weighted by atomic mass is 79.9. The molecule has 0 fully saturated rings. The van der Waals surface area contributed by atoms with E-state index in [0.717, 1.165) is 10.7 Å². The maximum absolute atomic E-state index is 13.0. The lowest BCUT2D eigenvalue weighted by Crippen LogP contribution is -1.87. The first-order chi connectivity index (χ1) is 7.20. The van der Waals surface area contributed by atoms with Crippen molar-refractivity contribution in [3.63, 3.8) is 0 Å². The molecule has 0 atom stereocenters. The van der Waals surface area contributed by atoms with E-state index in [1.165, 1.54) is 17.6 Å². The molecular weight excluding hydrogens is 281 g/mol. The molecule has 6 heteroatoms. The van der Waals surface area contributed by atoms with E-state index in [4.69, 9.17) is 0 Å². The molecule has 1 N–H and O–H groups in total. The van der Waals surface area contributed by atoms with Gasteiger partial charge in [0.05, 0.1) is 4.47 Å². The number of hydrogen-bond acceptors (Lipinski definition) is 4. The first kappa shape index (κ1) is 10.5. The van der Waals surface area contributed by atoms with Crippen LogP contribution in [0.2, 0.25) is 0 Å². The number of nitrogens with one attached hydrogen (secondary N) is 1. The van der Waals surface area contributed by atoms with Gasteiger partial charge < -0.3 is 5.32 Å². The highest BCUT2D eigenvalue weighted by Crippen LogP contribution is 2.25. The first-order valence-electron chi connectivity index (χ1n) is 4.17. The molecule has 0 aliphatic heterocycles. The van der Waals surface area contributed by atoms with Crippen LogP contribution in [-0.4, -0.2) is 16.4 Å². The Labute approximate surface area is 98.7 Å². The highest BCUT2D eigenvalue weighted by molar-refractivity contribution is 9.10. The smallest absolute Gasteiger partial charge is 0.202 e. The molecule has 0 radical (unpaired) electrons. The van der Waals surface area contributed by atoms with Gasteiger partial charge in [-0.3, -0.25) is 0 Å². The van der Waals surface area contributed by atoms with Crippen LogP contribution >= 0.6 is 27.5 Å². The summed E-state index contributed by atoms with van der Waals surface area (Å²) in [5.74, 6) is 0.313. The third-order valence-corrected chi connectivity index (χ3v) is 3.16. The summed E-state index contributed by atoms with van der Waals surface area (Å²) in [4.78, 5) is 4.22. The van der Waals surface area contributed by atoms with E-state index < -0.39 is 0 Å². The van der Waals surface area contributed by atoms with Crippen LogP contribution < -0.4 is 5.32 Å². The van der Waals surface area contributed by atoms with Crippen molar-refractivity contribution in [3.8, 4) is 11.4 Å². The van der Waals surface area contributed by atoms with Crippen molar-refractivity contribution < 1.29 is 4.39 Å². The van der Waals surface area contributed by atoms with E-state index in [0.29, 0.717) is 10.3 Å². The summed E-state index contributed by atoms with van der Waals surface area (Å²) >= 11 is 4.40. The van der Waals surface area contributed by atoms with Crippen LogP contribution in [0.1, 0.15) is 0 Å². The fraction of sp³-hybridized carbons (Fsp3) is 0.111. The van der Waals surface area contributed by atoms with Gasteiger partial charge in [0.25, 0.3) is 0 Å². The molecule has 3 nitrogen and oxygen atoms in total. The fourth-order valence-corrected chi connectivity index (χ4v) is 1.99. The summed E-state index contributed by atoms with van der Waals surface area (Å²) in [6.45, 7) is 0. The predicted molar refractivity (Wildman–Crippen MR) is 62.5 cm³/mol. The molecular formula is C9H7BrFN3S. The van der Waals surface area contributed by atoms with Crippen LogP contribution in [0.15, 0.2) is 22.7 Å². The van der Waals surface area contributed by atoms with Crippen molar-refractivity contribution in [1.82, 2.24) is 9.36 Å². The molecule has 1 aromatic carbocycles. The van der Waals surface area contributed by atoms with Gasteiger partial charge in [-0.15, -0.1) is 0 Å². The minimum Gasteiger partial charge on any atom is -0.363 e. The van der Waals surface area contributed by atoms with Crippen LogP contribution in [0.25, 0.3) is 11.4 Å². The van der Waals surface area contributed by atoms with E-state index >= 15 is 0 Å². The predicted octanol–water partition coefficient (Wildman–Crippen LogP) is 3.15. The fourth-order valence-electron chi connectivity index (χ4n) is 1.08. The Morgan fingerprint density at radius 1 is 1.47 bits per heavy atom. The Kier molecular flexibility index (Phi) is 2.97. The third-order valence-electron chi connectivity index (χ3n) is 1.82. The summed E-state index contributed by atoms with van der Waals surface area (Å²) in [6.07, 6.45) is 0. The number of nitrogens with zero attached hydrogens (tertiary/aromatic N) is 2. The zero-order valence-electron chi connectivity index (χ0n) is 7.79. The molecule has 0 amide bonds. The Morgan fingerprint density at radius 2 is 2.27 bits per heavy atom. The Hall–Kier alpha value is -1.01. The standard InChI is InChI=1S/C9H7BrFN3S/c1-12-9-13-8(14-15-9)5-2-3-7(11)6(10)4-5/h2-4H,1H3,(H,12,13,14). The summed E-state index contributed by atoms with van der Waals surface area (Å²) < 4.78 is 17.6. The third kappa shape index (κ3) is 2.15. The number of benzene rings is 1. The van der Waals surface area contributed by atoms with E-state index in [2.05, 4.69) is 30.6 Å². The van der Waals surface area contributed by atoms with E-state index in [1.807, 2.05) is 0 Å². The van der Waals surface area contributed by atoms with E-state index in [-0.39, 0.29) is 5.82 Å². The lowest BCUT2D eigenvalue weighted by atomic mass is 10.2. The number of hydrogen-bond donors (Lipinski definition) is 1. The van der Waals surface area contributed by atoms with Crippen LogP contribution in [0.4, 0.5) is 9.52 Å². The lowest BCUT2D eigenvalue weighted by Gasteiger charge is -1.97. The Balaban J connectivity index is 2.40. The SMILES string of the molecule is CNc1nc(-c2ccc(F)c(Br)c2)ns1. The molecule has 2 rings (SSSR count). The zero-order valence-corrected chi connectivity index (χ0v) is 10.2. The van der Waals surface area contributed by atoms with Gasteiger partial charge in [0.15, 0.2) is 5.82 Å². The van der Waals surface area contributed by atoms with Crippen molar-refractivity contribution in [1.29, 1.82) is 0 Å². The average Bonchev–Trinajstić information content (AvgIpc) is 2.70. The van der Waals surface area contributed by atoms with Crippen molar-refractivity contribution in [3.05, 3.63) is 28.5 Å². The molecule has 0 bridgehead atoms. The van der Waals surface area contributed by atoms with Crippen LogP contribution in [0.3, 0.4) is 0 Å². The van der Waals surface area contributed by atoms with Crippen LogP contribution in [-0.2, 0) is 0 Å². The van der Waals surface area contributed by atoms with Crippen molar-refractivity contribution in [2.45, 2.75) is 0 Å². The average molecular weight is 288 g/mol. The number of anilines is 1. The van der Waals surface area contributed by atoms with Gasteiger partial charge in [0.2, 0.25) is 5.13 Å². The second-order valence-electron chi connectivity index (χ2n) is 2.80. The summed E-state index contributed by atoms with van der Waals surface area (Å²) in [6, 6.07) is 4.71. The van der Waals surface area contributed by atoms with Crippen molar-refractivity contribution >= 4 is 32.6 Å². The molecule has 1 heterocycles. The van der Waals surface area contributed by atoms with Crippen LogP contribution in [0.5, 0.6) is 0 Å². The van der Waals surface area contributed by atoms with Crippen molar-refractivity contribution in [2.24, 2.45) is 0 Å². The lowest BCUT2D eigenvalue weighted by molar-refractivity contribution is 0.621. The summed E-state index contributed by atoms with van der Waals surface area (Å²) in [7, 11) is 1.78. The molecule has 0 saturated carbocycles. The molecule has 78 valence electrons. The van der Waals surface area contributed by atoms with Gasteiger partial charge >= 0.3 is 0 Å². The maximum Gasteiger partial charge on any atom is 0.202 e. The van der Waals surface area contributed by atoms with Gasteiger partial charge in [-0.05, 0) is 34.1 Å². The van der Waals surface area contributed by atoms with E-state index in [1.54, 1.807) is 19.2 Å². The van der Waals surface area contributed by atoms with Gasteiger partial charge in [-0.1, -0.05) is 0 Å². The Bertz CT molecular complexity index is 486. The molecule has 15 heavy (non-hydrogen) atoms. The first-order valence-corrected chi connectivity index (χ1v) is 5.74. The molecule has 0 unspecified atom stereocenters. The quantitative estimate of drug-likeness (QED) is 0.922. The second kappa shape index (κ2) is 4.24. The summed E-state index contributed by atoms with van der Waals surface area (Å²) in [5, 5.41) is 3.64. The minimum absolute atomic E-state index is 0.289. The monoisotopic (exact) mass is 287 g/mol. The van der Waals surface area contributed by atoms with Gasteiger partial charge in [-0.2, -0.15) is 9.36 Å². The van der Waals surface area contributed by atoms with Crippen LogP contribution in [0, 0.1) is 5.82 Å². The Morgan fingerprint density at radius 3 is 2.87 bits per heavy atom. The second-order valence-corrected chi connectivity index (χ2v) is 4.41. The van der Waals surface area contributed by atoms with Crippen molar-refractivity contribution in [2.75, 3.05) is 12.4 Å². The van der Waals surface area contributed by atoms with Gasteiger partial charge in [0, 0.05) is 24.1 Å². The van der Waals surface area contributed by atoms with Gasteiger partial charge in [0.1, 0.15) is 5.82 Å². The molecule has 0 spiro atoms. The minimum atomic E-state index is -0.289. The van der Waals surface area contributed by atoms with E-state index in [9.17, 15) is 4.39 Å². The maximum atomic E-state index is 13.0. The van der Waals surface area contributed by atoms with Gasteiger partial charge in [-0.25, -0.2) is 4.39 Å². The summed E-state index contributed by atoms with van der Waals surface area (Å²) in [5.41, 5.74) is 0.793. The largest absolute Gasteiger partial charge is 0.363 e. The molecule has 1 aromatic heterocycles. The zero-order chi connectivity index (χ0) is 10.8. The number of aromatic nitrogens is 2. The number of halogens is 2. The molecule has 0 aliphatic carbocycles. The molecule has 0 saturated heterocycles. The molecule has 2 aromatic rings. The number of rotatable bonds is 2. The normalized spacial score (nSPS) is 10.3. The topological polar surface area (TPSA) is 37.8 Å². The highest BCUT2D eigenvalue weighted by Gasteiger charge is 2.07.